The second-order valence-corrected chi connectivity index (χ2v) is 7.12. The molecule has 2 aliphatic heterocycles. The summed E-state index contributed by atoms with van der Waals surface area (Å²) in [5, 5.41) is 25.5. The summed E-state index contributed by atoms with van der Waals surface area (Å²) >= 11 is 0. The van der Waals surface area contributed by atoms with Crippen molar-refractivity contribution in [1.82, 2.24) is 30.4 Å². The number of piperidine rings is 2. The summed E-state index contributed by atoms with van der Waals surface area (Å²) in [4.78, 5) is 13.6. The number of likely N-dealkylation sites (tertiary alicyclic amines) is 1. The van der Waals surface area contributed by atoms with Crippen LogP contribution in [0, 0.1) is 0 Å². The van der Waals surface area contributed by atoms with Crippen LogP contribution in [0.4, 0.5) is 0 Å². The first-order valence-corrected chi connectivity index (χ1v) is 9.18. The minimum absolute atomic E-state index is 0.0479. The standard InChI is InChI=1S/C17H24N6O3/c24-14-1-2-17(25)22(10-14)8-13-9-23(21-19-13)11-15-7-16(20-26-15)12-3-5-18-6-4-12/h7,9,12,14,18,24H,1-6,8,10-11H2. The number of carbonyl (C=O) groups is 1. The van der Waals surface area contributed by atoms with E-state index in [0.29, 0.717) is 44.1 Å². The van der Waals surface area contributed by atoms with Gasteiger partial charge in [-0.05, 0) is 32.4 Å². The van der Waals surface area contributed by atoms with E-state index in [0.717, 1.165) is 37.4 Å². The van der Waals surface area contributed by atoms with Crippen LogP contribution in [0.25, 0.3) is 0 Å². The predicted molar refractivity (Wildman–Crippen MR) is 91.1 cm³/mol. The monoisotopic (exact) mass is 360 g/mol. The Morgan fingerprint density at radius 3 is 2.96 bits per heavy atom. The molecule has 26 heavy (non-hydrogen) atoms. The van der Waals surface area contributed by atoms with Gasteiger partial charge in [-0.1, -0.05) is 10.4 Å². The number of aromatic nitrogens is 4. The van der Waals surface area contributed by atoms with Gasteiger partial charge in [0.15, 0.2) is 5.76 Å². The number of aliphatic hydroxyl groups excluding tert-OH is 1. The maximum atomic E-state index is 11.9. The van der Waals surface area contributed by atoms with E-state index >= 15 is 0 Å². The Labute approximate surface area is 151 Å². The van der Waals surface area contributed by atoms with Crippen LogP contribution in [-0.4, -0.2) is 61.8 Å². The molecule has 0 aromatic carbocycles. The van der Waals surface area contributed by atoms with Gasteiger partial charge in [0.05, 0.1) is 24.5 Å². The van der Waals surface area contributed by atoms with Crippen LogP contribution in [0.1, 0.15) is 48.7 Å². The van der Waals surface area contributed by atoms with Gasteiger partial charge in [0, 0.05) is 24.9 Å². The number of β-amino-alcohol motifs (C(OH)–C–C–N with tert-alkyl or cyclic N) is 1. The lowest BCUT2D eigenvalue weighted by atomic mass is 9.95. The minimum Gasteiger partial charge on any atom is -0.391 e. The smallest absolute Gasteiger partial charge is 0.223 e. The fraction of sp³-hybridized carbons (Fsp3) is 0.647. The van der Waals surface area contributed by atoms with Gasteiger partial charge in [-0.2, -0.15) is 0 Å². The van der Waals surface area contributed by atoms with Crippen LogP contribution in [0.3, 0.4) is 0 Å². The molecule has 9 heteroatoms. The summed E-state index contributed by atoms with van der Waals surface area (Å²) in [6, 6.07) is 2.00. The summed E-state index contributed by atoms with van der Waals surface area (Å²) in [5.74, 6) is 1.25. The quantitative estimate of drug-likeness (QED) is 0.787. The highest BCUT2D eigenvalue weighted by molar-refractivity contribution is 5.77. The number of rotatable bonds is 5. The van der Waals surface area contributed by atoms with Gasteiger partial charge in [0.1, 0.15) is 12.2 Å². The molecule has 2 saturated heterocycles. The summed E-state index contributed by atoms with van der Waals surface area (Å²) in [7, 11) is 0. The number of nitrogens with zero attached hydrogens (tertiary/aromatic N) is 5. The van der Waals surface area contributed by atoms with E-state index in [9.17, 15) is 9.90 Å². The Balaban J connectivity index is 1.36. The van der Waals surface area contributed by atoms with E-state index < -0.39 is 6.10 Å². The predicted octanol–water partition coefficient (Wildman–Crippen LogP) is 0.265. The number of amides is 1. The zero-order valence-electron chi connectivity index (χ0n) is 14.7. The third-order valence-corrected chi connectivity index (χ3v) is 5.07. The van der Waals surface area contributed by atoms with Gasteiger partial charge in [-0.15, -0.1) is 5.10 Å². The van der Waals surface area contributed by atoms with Gasteiger partial charge in [0.2, 0.25) is 5.91 Å². The molecule has 2 aromatic rings. The first kappa shape index (κ1) is 17.2. The SMILES string of the molecule is O=C1CCC(O)CN1Cc1cn(Cc2cc(C3CCNCC3)no2)nn1. The van der Waals surface area contributed by atoms with E-state index in [1.165, 1.54) is 0 Å². The third kappa shape index (κ3) is 3.94. The van der Waals surface area contributed by atoms with Crippen molar-refractivity contribution >= 4 is 5.91 Å². The molecule has 0 saturated carbocycles. The van der Waals surface area contributed by atoms with Gasteiger partial charge in [-0.25, -0.2) is 4.68 Å². The van der Waals surface area contributed by atoms with E-state index in [1.807, 2.05) is 6.07 Å². The van der Waals surface area contributed by atoms with Crippen LogP contribution in [0.15, 0.2) is 16.8 Å². The molecule has 4 heterocycles. The number of nitrogens with one attached hydrogen (secondary N) is 1. The van der Waals surface area contributed by atoms with Crippen LogP contribution in [0.2, 0.25) is 0 Å². The average molecular weight is 360 g/mol. The lowest BCUT2D eigenvalue weighted by Gasteiger charge is -2.29. The molecular weight excluding hydrogens is 336 g/mol. The van der Waals surface area contributed by atoms with Crippen molar-refractivity contribution in [3.63, 3.8) is 0 Å². The van der Waals surface area contributed by atoms with Crippen molar-refractivity contribution in [2.45, 2.75) is 50.8 Å². The van der Waals surface area contributed by atoms with Crippen molar-refractivity contribution in [2.75, 3.05) is 19.6 Å². The highest BCUT2D eigenvalue weighted by atomic mass is 16.5. The molecule has 0 bridgehead atoms. The van der Waals surface area contributed by atoms with Crippen molar-refractivity contribution in [3.8, 4) is 0 Å². The lowest BCUT2D eigenvalue weighted by molar-refractivity contribution is -0.137. The van der Waals surface area contributed by atoms with E-state index in [-0.39, 0.29) is 5.91 Å². The summed E-state index contributed by atoms with van der Waals surface area (Å²) in [6.45, 7) is 3.22. The van der Waals surface area contributed by atoms with E-state index in [4.69, 9.17) is 4.52 Å². The first-order valence-electron chi connectivity index (χ1n) is 9.18. The minimum atomic E-state index is -0.453. The molecule has 2 N–H and O–H groups in total. The zero-order chi connectivity index (χ0) is 17.9. The topological polar surface area (TPSA) is 109 Å². The summed E-state index contributed by atoms with van der Waals surface area (Å²) < 4.78 is 7.14. The van der Waals surface area contributed by atoms with Gasteiger partial charge in [0.25, 0.3) is 0 Å². The fourth-order valence-electron chi connectivity index (χ4n) is 3.61. The van der Waals surface area contributed by atoms with Crippen molar-refractivity contribution in [2.24, 2.45) is 0 Å². The second kappa shape index (κ2) is 7.55. The highest BCUT2D eigenvalue weighted by Gasteiger charge is 2.25. The molecule has 2 aliphatic rings. The normalized spacial score (nSPS) is 22.1. The van der Waals surface area contributed by atoms with E-state index in [2.05, 4.69) is 20.8 Å². The number of hydrogen-bond acceptors (Lipinski definition) is 7. The molecule has 0 spiro atoms. The molecule has 4 rings (SSSR count). The average Bonchev–Trinajstić information content (AvgIpc) is 3.29. The van der Waals surface area contributed by atoms with Crippen molar-refractivity contribution in [3.05, 3.63) is 29.4 Å². The number of aliphatic hydroxyl groups is 1. The fourth-order valence-corrected chi connectivity index (χ4v) is 3.61. The molecule has 1 atom stereocenters. The van der Waals surface area contributed by atoms with Crippen molar-refractivity contribution < 1.29 is 14.4 Å². The Morgan fingerprint density at radius 1 is 1.27 bits per heavy atom. The molecule has 9 nitrogen and oxygen atoms in total. The maximum absolute atomic E-state index is 11.9. The zero-order valence-corrected chi connectivity index (χ0v) is 14.7. The third-order valence-electron chi connectivity index (χ3n) is 5.07. The second-order valence-electron chi connectivity index (χ2n) is 7.12. The molecular formula is C17H24N6O3. The van der Waals surface area contributed by atoms with Crippen LogP contribution in [0.5, 0.6) is 0 Å². The summed E-state index contributed by atoms with van der Waals surface area (Å²) in [5.41, 5.74) is 1.71. The van der Waals surface area contributed by atoms with Crippen molar-refractivity contribution in [1.29, 1.82) is 0 Å². The number of carbonyl (C=O) groups excluding carboxylic acids is 1. The molecule has 1 amide bonds. The molecule has 0 radical (unpaired) electrons. The molecule has 140 valence electrons. The van der Waals surface area contributed by atoms with Crippen LogP contribution >= 0.6 is 0 Å². The molecule has 2 aromatic heterocycles. The Bertz CT molecular complexity index is 751. The van der Waals surface area contributed by atoms with Gasteiger partial charge >= 0.3 is 0 Å². The highest BCUT2D eigenvalue weighted by Crippen LogP contribution is 2.24. The first-order chi connectivity index (χ1) is 12.7. The van der Waals surface area contributed by atoms with Gasteiger partial charge in [-0.3, -0.25) is 4.79 Å². The van der Waals surface area contributed by atoms with E-state index in [1.54, 1.807) is 15.8 Å². The Kier molecular flexibility index (Phi) is 4.98. The Morgan fingerprint density at radius 2 is 2.12 bits per heavy atom. The largest absolute Gasteiger partial charge is 0.391 e. The molecule has 1 unspecified atom stereocenters. The van der Waals surface area contributed by atoms with Gasteiger partial charge < -0.3 is 19.8 Å². The molecule has 0 aliphatic carbocycles. The Hall–Kier alpha value is -2.26. The summed E-state index contributed by atoms with van der Waals surface area (Å²) in [6.07, 6.45) is 4.43. The molecule has 2 fully saturated rings. The lowest BCUT2D eigenvalue weighted by Crippen LogP contribution is -2.41. The van der Waals surface area contributed by atoms with Crippen LogP contribution in [-0.2, 0) is 17.9 Å². The van der Waals surface area contributed by atoms with Crippen LogP contribution < -0.4 is 5.32 Å². The number of hydrogen-bond donors (Lipinski definition) is 2. The maximum Gasteiger partial charge on any atom is 0.223 e.